The molecule has 1 heterocycles. The summed E-state index contributed by atoms with van der Waals surface area (Å²) in [6.45, 7) is 2.76. The van der Waals surface area contributed by atoms with Crippen molar-refractivity contribution in [3.63, 3.8) is 0 Å². The molecular formula is C19H20N2O3. The van der Waals surface area contributed by atoms with Crippen LogP contribution in [-0.2, 0) is 22.6 Å². The van der Waals surface area contributed by atoms with Crippen LogP contribution in [0.2, 0.25) is 0 Å². The summed E-state index contributed by atoms with van der Waals surface area (Å²) < 4.78 is 5.36. The Kier molecular flexibility index (Phi) is 4.62. The first-order chi connectivity index (χ1) is 11.6. The van der Waals surface area contributed by atoms with Gasteiger partial charge in [-0.3, -0.25) is 4.79 Å². The molecule has 2 aromatic rings. The summed E-state index contributed by atoms with van der Waals surface area (Å²) in [5.74, 6) is -0.308. The second-order valence-electron chi connectivity index (χ2n) is 6.06. The summed E-state index contributed by atoms with van der Waals surface area (Å²) in [4.78, 5) is 25.9. The molecule has 0 unspecified atom stereocenters. The fourth-order valence-electron chi connectivity index (χ4n) is 2.72. The zero-order chi connectivity index (χ0) is 17.0. The third-order valence-corrected chi connectivity index (χ3v) is 4.05. The van der Waals surface area contributed by atoms with Gasteiger partial charge in [-0.15, -0.1) is 0 Å². The van der Waals surface area contributed by atoms with Gasteiger partial charge in [-0.2, -0.15) is 0 Å². The summed E-state index contributed by atoms with van der Waals surface area (Å²) in [6.07, 6.45) is -0.590. The molecule has 1 aliphatic rings. The van der Waals surface area contributed by atoms with Gasteiger partial charge in [0.2, 0.25) is 5.60 Å². The molecule has 1 N–H and O–H groups in total. The average Bonchev–Trinajstić information content (AvgIpc) is 2.80. The van der Waals surface area contributed by atoms with Crippen LogP contribution in [0.5, 0.6) is 0 Å². The number of hydrogen-bond donors (Lipinski definition) is 1. The maximum atomic E-state index is 12.6. The molecule has 5 heteroatoms. The largest absolute Gasteiger partial charge is 0.431 e. The lowest BCUT2D eigenvalue weighted by Crippen LogP contribution is -2.45. The topological polar surface area (TPSA) is 58.6 Å². The van der Waals surface area contributed by atoms with E-state index in [-0.39, 0.29) is 19.0 Å². The third kappa shape index (κ3) is 3.46. The van der Waals surface area contributed by atoms with Crippen LogP contribution in [0.15, 0.2) is 60.7 Å². The maximum Gasteiger partial charge on any atom is 0.418 e. The van der Waals surface area contributed by atoms with Gasteiger partial charge in [0.05, 0.1) is 6.54 Å². The lowest BCUT2D eigenvalue weighted by molar-refractivity contribution is -0.135. The molecule has 2 amide bonds. The van der Waals surface area contributed by atoms with E-state index in [1.54, 1.807) is 6.92 Å². The Balaban J connectivity index is 1.61. The van der Waals surface area contributed by atoms with Crippen LogP contribution < -0.4 is 5.32 Å². The van der Waals surface area contributed by atoms with Crippen LogP contribution in [0.25, 0.3) is 0 Å². The molecule has 1 atom stereocenters. The fraction of sp³-hybridized carbons (Fsp3) is 0.263. The SMILES string of the molecule is C[C@]1(CNCc2ccccc2)OC(=O)N(Cc2ccccc2)C1=O. The lowest BCUT2D eigenvalue weighted by Gasteiger charge is -2.20. The number of cyclic esters (lactones) is 1. The molecule has 1 saturated heterocycles. The van der Waals surface area contributed by atoms with E-state index in [1.165, 1.54) is 4.90 Å². The first-order valence-corrected chi connectivity index (χ1v) is 7.92. The normalized spacial score (nSPS) is 20.3. The minimum absolute atomic E-state index is 0.229. The van der Waals surface area contributed by atoms with Gasteiger partial charge in [-0.05, 0) is 18.1 Å². The number of carbonyl (C=O) groups is 2. The van der Waals surface area contributed by atoms with Crippen molar-refractivity contribution < 1.29 is 14.3 Å². The zero-order valence-corrected chi connectivity index (χ0v) is 13.6. The highest BCUT2D eigenvalue weighted by atomic mass is 16.6. The van der Waals surface area contributed by atoms with E-state index >= 15 is 0 Å². The Morgan fingerprint density at radius 2 is 1.54 bits per heavy atom. The minimum atomic E-state index is -1.17. The van der Waals surface area contributed by atoms with Crippen molar-refractivity contribution in [2.75, 3.05) is 6.54 Å². The molecule has 0 radical (unpaired) electrons. The number of ether oxygens (including phenoxy) is 1. The van der Waals surface area contributed by atoms with Crippen molar-refractivity contribution in [3.8, 4) is 0 Å². The predicted octanol–water partition coefficient (Wildman–Crippen LogP) is 2.71. The number of carbonyl (C=O) groups excluding carboxylic acids is 2. The number of rotatable bonds is 6. The smallest absolute Gasteiger partial charge is 0.418 e. The van der Waals surface area contributed by atoms with Crippen molar-refractivity contribution in [1.82, 2.24) is 10.2 Å². The van der Waals surface area contributed by atoms with E-state index in [4.69, 9.17) is 4.74 Å². The summed E-state index contributed by atoms with van der Waals surface area (Å²) >= 11 is 0. The van der Waals surface area contributed by atoms with E-state index in [2.05, 4.69) is 5.32 Å². The van der Waals surface area contributed by atoms with Crippen LogP contribution in [0, 0.1) is 0 Å². The van der Waals surface area contributed by atoms with E-state index in [1.807, 2.05) is 60.7 Å². The van der Waals surface area contributed by atoms with Gasteiger partial charge < -0.3 is 10.1 Å². The Morgan fingerprint density at radius 3 is 2.17 bits per heavy atom. The molecule has 0 aromatic heterocycles. The van der Waals surface area contributed by atoms with E-state index in [0.29, 0.717) is 6.54 Å². The molecule has 3 rings (SSSR count). The molecule has 5 nitrogen and oxygen atoms in total. The number of nitrogens with zero attached hydrogens (tertiary/aromatic N) is 1. The first-order valence-electron chi connectivity index (χ1n) is 7.92. The van der Waals surface area contributed by atoms with E-state index < -0.39 is 11.7 Å². The molecule has 1 aliphatic heterocycles. The van der Waals surface area contributed by atoms with Gasteiger partial charge in [0.15, 0.2) is 0 Å². The number of hydrogen-bond acceptors (Lipinski definition) is 4. The number of benzene rings is 2. The van der Waals surface area contributed by atoms with Gasteiger partial charge in [0.1, 0.15) is 0 Å². The monoisotopic (exact) mass is 324 g/mol. The van der Waals surface area contributed by atoms with Crippen molar-refractivity contribution in [2.24, 2.45) is 0 Å². The van der Waals surface area contributed by atoms with Crippen molar-refractivity contribution in [1.29, 1.82) is 0 Å². The molecule has 0 saturated carbocycles. The van der Waals surface area contributed by atoms with Crippen molar-refractivity contribution in [3.05, 3.63) is 71.8 Å². The molecule has 24 heavy (non-hydrogen) atoms. The summed E-state index contributed by atoms with van der Waals surface area (Å²) in [5.41, 5.74) is 0.837. The maximum absolute atomic E-state index is 12.6. The second kappa shape index (κ2) is 6.84. The van der Waals surface area contributed by atoms with Crippen LogP contribution in [-0.4, -0.2) is 29.0 Å². The Bertz CT molecular complexity index is 718. The van der Waals surface area contributed by atoms with Crippen LogP contribution in [0.3, 0.4) is 0 Å². The molecule has 0 aliphatic carbocycles. The van der Waals surface area contributed by atoms with Crippen LogP contribution in [0.1, 0.15) is 18.1 Å². The van der Waals surface area contributed by atoms with Gasteiger partial charge in [0, 0.05) is 13.1 Å². The highest BCUT2D eigenvalue weighted by Crippen LogP contribution is 2.25. The Hall–Kier alpha value is -2.66. The van der Waals surface area contributed by atoms with Gasteiger partial charge >= 0.3 is 6.09 Å². The molecule has 124 valence electrons. The van der Waals surface area contributed by atoms with E-state index in [9.17, 15) is 9.59 Å². The molecule has 1 fully saturated rings. The summed E-state index contributed by atoms with van der Waals surface area (Å²) in [7, 11) is 0. The first kappa shape index (κ1) is 16.2. The number of imide groups is 1. The number of amides is 2. The molecule has 0 spiro atoms. The average molecular weight is 324 g/mol. The standard InChI is InChI=1S/C19H20N2O3/c1-19(14-20-12-15-8-4-2-5-9-15)17(22)21(18(23)24-19)13-16-10-6-3-7-11-16/h2-11,20H,12-14H2,1H3/t19-/m1/s1. The van der Waals surface area contributed by atoms with Gasteiger partial charge in [-0.1, -0.05) is 60.7 Å². The van der Waals surface area contributed by atoms with E-state index in [0.717, 1.165) is 11.1 Å². The summed E-state index contributed by atoms with van der Waals surface area (Å²) in [6, 6.07) is 19.3. The molecular weight excluding hydrogens is 304 g/mol. The fourth-order valence-corrected chi connectivity index (χ4v) is 2.72. The third-order valence-electron chi connectivity index (χ3n) is 4.05. The quantitative estimate of drug-likeness (QED) is 0.887. The molecule has 2 aromatic carbocycles. The Labute approximate surface area is 141 Å². The van der Waals surface area contributed by atoms with Gasteiger partial charge in [-0.25, -0.2) is 9.69 Å². The highest BCUT2D eigenvalue weighted by Gasteiger charge is 2.50. The minimum Gasteiger partial charge on any atom is -0.431 e. The second-order valence-corrected chi connectivity index (χ2v) is 6.06. The van der Waals surface area contributed by atoms with Crippen molar-refractivity contribution >= 4 is 12.0 Å². The van der Waals surface area contributed by atoms with Crippen LogP contribution >= 0.6 is 0 Å². The lowest BCUT2D eigenvalue weighted by atomic mass is 10.1. The predicted molar refractivity (Wildman–Crippen MR) is 90.0 cm³/mol. The Morgan fingerprint density at radius 1 is 0.958 bits per heavy atom. The highest BCUT2D eigenvalue weighted by molar-refractivity contribution is 6.02. The zero-order valence-electron chi connectivity index (χ0n) is 13.6. The van der Waals surface area contributed by atoms with Crippen molar-refractivity contribution in [2.45, 2.75) is 25.6 Å². The molecule has 0 bridgehead atoms. The summed E-state index contributed by atoms with van der Waals surface area (Å²) in [5, 5.41) is 3.19. The van der Waals surface area contributed by atoms with Crippen LogP contribution in [0.4, 0.5) is 4.79 Å². The van der Waals surface area contributed by atoms with Gasteiger partial charge in [0.25, 0.3) is 5.91 Å². The number of nitrogens with one attached hydrogen (secondary N) is 1.